The van der Waals surface area contributed by atoms with Crippen molar-refractivity contribution in [3.05, 3.63) is 29.3 Å². The molecular formula is C17H26O2. The fourth-order valence-electron chi connectivity index (χ4n) is 2.98. The van der Waals surface area contributed by atoms with E-state index in [0.29, 0.717) is 17.8 Å². The maximum atomic E-state index is 9.75. The van der Waals surface area contributed by atoms with E-state index in [9.17, 15) is 5.11 Å². The van der Waals surface area contributed by atoms with Gasteiger partial charge in [0.25, 0.3) is 0 Å². The molecule has 3 atom stereocenters. The quantitative estimate of drug-likeness (QED) is 0.886. The van der Waals surface area contributed by atoms with E-state index in [0.717, 1.165) is 25.0 Å². The van der Waals surface area contributed by atoms with Gasteiger partial charge in [0.05, 0.1) is 13.2 Å². The van der Waals surface area contributed by atoms with Crippen molar-refractivity contribution in [2.75, 3.05) is 7.11 Å². The van der Waals surface area contributed by atoms with Crippen LogP contribution in [-0.2, 0) is 0 Å². The molecule has 0 heterocycles. The fourth-order valence-corrected chi connectivity index (χ4v) is 2.98. The van der Waals surface area contributed by atoms with Gasteiger partial charge < -0.3 is 9.84 Å². The third-order valence-corrected chi connectivity index (χ3v) is 4.62. The second-order valence-corrected chi connectivity index (χ2v) is 6.20. The van der Waals surface area contributed by atoms with E-state index < -0.39 is 0 Å². The van der Waals surface area contributed by atoms with Crippen molar-refractivity contribution in [1.29, 1.82) is 0 Å². The molecule has 1 aliphatic rings. The number of aliphatic hydroxyl groups is 1. The molecule has 19 heavy (non-hydrogen) atoms. The van der Waals surface area contributed by atoms with Crippen molar-refractivity contribution < 1.29 is 9.84 Å². The Kier molecular flexibility index (Phi) is 4.51. The van der Waals surface area contributed by atoms with Crippen LogP contribution in [-0.4, -0.2) is 18.3 Å². The van der Waals surface area contributed by atoms with Crippen LogP contribution in [0.2, 0.25) is 0 Å². The number of methoxy groups -OCH3 is 1. The van der Waals surface area contributed by atoms with E-state index in [1.54, 1.807) is 7.11 Å². The first-order valence-electron chi connectivity index (χ1n) is 7.38. The Hall–Kier alpha value is -1.02. The molecule has 0 bridgehead atoms. The van der Waals surface area contributed by atoms with Gasteiger partial charge in [0.15, 0.2) is 0 Å². The highest BCUT2D eigenvalue weighted by Crippen LogP contribution is 2.40. The molecule has 1 aromatic rings. The second kappa shape index (κ2) is 5.96. The third-order valence-electron chi connectivity index (χ3n) is 4.62. The van der Waals surface area contributed by atoms with Crippen LogP contribution >= 0.6 is 0 Å². The van der Waals surface area contributed by atoms with Gasteiger partial charge in [-0.1, -0.05) is 32.9 Å². The molecule has 1 fully saturated rings. The summed E-state index contributed by atoms with van der Waals surface area (Å²) in [6.45, 7) is 6.79. The molecule has 0 radical (unpaired) electrons. The molecule has 0 aromatic heterocycles. The van der Waals surface area contributed by atoms with Crippen LogP contribution in [0, 0.1) is 5.92 Å². The molecule has 1 N–H and O–H groups in total. The summed E-state index contributed by atoms with van der Waals surface area (Å²) in [7, 11) is 1.73. The molecule has 2 rings (SSSR count). The summed E-state index contributed by atoms with van der Waals surface area (Å²) in [6.07, 6.45) is 2.71. The topological polar surface area (TPSA) is 29.5 Å². The Morgan fingerprint density at radius 1 is 1.21 bits per heavy atom. The van der Waals surface area contributed by atoms with Crippen LogP contribution in [0.25, 0.3) is 0 Å². The molecule has 2 nitrogen and oxygen atoms in total. The predicted octanol–water partition coefficient (Wildman–Crippen LogP) is 4.08. The number of benzene rings is 1. The van der Waals surface area contributed by atoms with Crippen LogP contribution in [0.5, 0.6) is 5.75 Å². The molecule has 1 aromatic carbocycles. The minimum Gasteiger partial charge on any atom is -0.496 e. The molecule has 0 amide bonds. The maximum absolute atomic E-state index is 9.75. The van der Waals surface area contributed by atoms with E-state index in [-0.39, 0.29) is 6.10 Å². The first-order chi connectivity index (χ1) is 9.02. The van der Waals surface area contributed by atoms with Crippen molar-refractivity contribution in [2.24, 2.45) is 5.92 Å². The minimum absolute atomic E-state index is 0.138. The van der Waals surface area contributed by atoms with Crippen LogP contribution in [0.15, 0.2) is 18.2 Å². The third kappa shape index (κ3) is 3.11. The number of rotatable bonds is 4. The van der Waals surface area contributed by atoms with Gasteiger partial charge in [-0.25, -0.2) is 0 Å². The van der Waals surface area contributed by atoms with Gasteiger partial charge in [-0.05, 0) is 54.2 Å². The first kappa shape index (κ1) is 14.4. The Labute approximate surface area is 116 Å². The average molecular weight is 262 g/mol. The van der Waals surface area contributed by atoms with Crippen molar-refractivity contribution in [3.8, 4) is 5.75 Å². The van der Waals surface area contributed by atoms with Crippen LogP contribution in [0.3, 0.4) is 0 Å². The zero-order valence-electron chi connectivity index (χ0n) is 12.5. The molecule has 3 unspecified atom stereocenters. The molecule has 0 saturated heterocycles. The SMILES string of the molecule is COc1ccc(C(C)C(C)C)cc1C1CCC(O)C1. The lowest BCUT2D eigenvalue weighted by atomic mass is 9.86. The fraction of sp³-hybridized carbons (Fsp3) is 0.647. The lowest BCUT2D eigenvalue weighted by molar-refractivity contribution is 0.181. The summed E-state index contributed by atoms with van der Waals surface area (Å²) in [5.41, 5.74) is 2.66. The number of aliphatic hydroxyl groups excluding tert-OH is 1. The Morgan fingerprint density at radius 3 is 2.47 bits per heavy atom. The monoisotopic (exact) mass is 262 g/mol. The average Bonchev–Trinajstić information content (AvgIpc) is 2.83. The van der Waals surface area contributed by atoms with Gasteiger partial charge >= 0.3 is 0 Å². The molecule has 1 saturated carbocycles. The van der Waals surface area contributed by atoms with Crippen LogP contribution in [0.1, 0.15) is 63.0 Å². The van der Waals surface area contributed by atoms with Gasteiger partial charge in [-0.3, -0.25) is 0 Å². The zero-order chi connectivity index (χ0) is 14.0. The van der Waals surface area contributed by atoms with E-state index in [2.05, 4.69) is 39.0 Å². The summed E-state index contributed by atoms with van der Waals surface area (Å²) in [6, 6.07) is 6.57. The van der Waals surface area contributed by atoms with Gasteiger partial charge in [-0.15, -0.1) is 0 Å². The lowest BCUT2D eigenvalue weighted by Crippen LogP contribution is -2.06. The maximum Gasteiger partial charge on any atom is 0.122 e. The Morgan fingerprint density at radius 2 is 1.95 bits per heavy atom. The minimum atomic E-state index is -0.138. The predicted molar refractivity (Wildman–Crippen MR) is 78.8 cm³/mol. The molecular weight excluding hydrogens is 236 g/mol. The second-order valence-electron chi connectivity index (χ2n) is 6.20. The Bertz CT molecular complexity index is 425. The first-order valence-corrected chi connectivity index (χ1v) is 7.38. The normalized spacial score (nSPS) is 24.7. The van der Waals surface area contributed by atoms with E-state index >= 15 is 0 Å². The van der Waals surface area contributed by atoms with E-state index in [1.165, 1.54) is 11.1 Å². The highest BCUT2D eigenvalue weighted by atomic mass is 16.5. The van der Waals surface area contributed by atoms with Crippen molar-refractivity contribution in [2.45, 2.75) is 58.0 Å². The number of ether oxygens (including phenoxy) is 1. The molecule has 1 aliphatic carbocycles. The van der Waals surface area contributed by atoms with Gasteiger partial charge in [0.1, 0.15) is 5.75 Å². The standard InChI is InChI=1S/C17H26O2/c1-11(2)12(3)13-6-8-17(19-4)16(10-13)14-5-7-15(18)9-14/h6,8,10-12,14-15,18H,5,7,9H2,1-4H3. The van der Waals surface area contributed by atoms with Crippen molar-refractivity contribution in [1.82, 2.24) is 0 Å². The number of hydrogen-bond acceptors (Lipinski definition) is 2. The van der Waals surface area contributed by atoms with Gasteiger partial charge in [0.2, 0.25) is 0 Å². The highest BCUT2D eigenvalue weighted by molar-refractivity contribution is 5.41. The molecule has 2 heteroatoms. The highest BCUT2D eigenvalue weighted by Gasteiger charge is 2.27. The van der Waals surface area contributed by atoms with E-state index in [1.807, 2.05) is 0 Å². The van der Waals surface area contributed by atoms with Crippen molar-refractivity contribution in [3.63, 3.8) is 0 Å². The number of hydrogen-bond donors (Lipinski definition) is 1. The molecule has 0 aliphatic heterocycles. The lowest BCUT2D eigenvalue weighted by Gasteiger charge is -2.21. The van der Waals surface area contributed by atoms with Crippen molar-refractivity contribution >= 4 is 0 Å². The van der Waals surface area contributed by atoms with Crippen LogP contribution in [0.4, 0.5) is 0 Å². The van der Waals surface area contributed by atoms with Crippen LogP contribution < -0.4 is 4.74 Å². The summed E-state index contributed by atoms with van der Waals surface area (Å²) < 4.78 is 5.51. The largest absolute Gasteiger partial charge is 0.496 e. The van der Waals surface area contributed by atoms with E-state index in [4.69, 9.17) is 4.74 Å². The zero-order valence-corrected chi connectivity index (χ0v) is 12.5. The Balaban J connectivity index is 2.31. The summed E-state index contributed by atoms with van der Waals surface area (Å²) in [4.78, 5) is 0. The molecule has 0 spiro atoms. The summed E-state index contributed by atoms with van der Waals surface area (Å²) in [5, 5.41) is 9.75. The summed E-state index contributed by atoms with van der Waals surface area (Å²) in [5.74, 6) is 2.61. The summed E-state index contributed by atoms with van der Waals surface area (Å²) >= 11 is 0. The van der Waals surface area contributed by atoms with Gasteiger partial charge in [-0.2, -0.15) is 0 Å². The van der Waals surface area contributed by atoms with Gasteiger partial charge in [0, 0.05) is 0 Å². The molecule has 106 valence electrons. The smallest absolute Gasteiger partial charge is 0.122 e.